The molecular formula is C19H20N2. The lowest BCUT2D eigenvalue weighted by Crippen LogP contribution is -1.99. The van der Waals surface area contributed by atoms with Gasteiger partial charge in [0.2, 0.25) is 0 Å². The molecule has 2 nitrogen and oxygen atoms in total. The first-order valence-electron chi connectivity index (χ1n) is 7.37. The second-order valence-corrected chi connectivity index (χ2v) is 5.57. The SMILES string of the molecule is CNc1cc(C(C)C)nc2c(-c3ccccc3)cccc12. The number of aromatic nitrogens is 1. The number of benzene rings is 2. The summed E-state index contributed by atoms with van der Waals surface area (Å²) in [6.45, 7) is 4.36. The smallest absolute Gasteiger partial charge is 0.0804 e. The Kier molecular flexibility index (Phi) is 3.61. The Bertz CT molecular complexity index is 761. The van der Waals surface area contributed by atoms with E-state index in [0.29, 0.717) is 5.92 Å². The average Bonchev–Trinajstić information content (AvgIpc) is 2.53. The maximum atomic E-state index is 4.92. The highest BCUT2D eigenvalue weighted by atomic mass is 14.8. The highest BCUT2D eigenvalue weighted by Crippen LogP contribution is 2.33. The molecule has 0 saturated carbocycles. The van der Waals surface area contributed by atoms with Gasteiger partial charge in [0, 0.05) is 29.4 Å². The minimum atomic E-state index is 0.408. The maximum Gasteiger partial charge on any atom is 0.0804 e. The van der Waals surface area contributed by atoms with Crippen LogP contribution in [0.2, 0.25) is 0 Å². The Morgan fingerprint density at radius 3 is 2.38 bits per heavy atom. The van der Waals surface area contributed by atoms with E-state index in [0.717, 1.165) is 16.9 Å². The van der Waals surface area contributed by atoms with Crippen molar-refractivity contribution in [1.29, 1.82) is 0 Å². The van der Waals surface area contributed by atoms with Gasteiger partial charge in [-0.3, -0.25) is 4.98 Å². The zero-order valence-corrected chi connectivity index (χ0v) is 12.7. The van der Waals surface area contributed by atoms with Crippen LogP contribution in [0.15, 0.2) is 54.6 Å². The lowest BCUT2D eigenvalue weighted by Gasteiger charge is -2.14. The molecule has 0 aliphatic carbocycles. The van der Waals surface area contributed by atoms with E-state index in [9.17, 15) is 0 Å². The van der Waals surface area contributed by atoms with Gasteiger partial charge in [-0.1, -0.05) is 62.4 Å². The summed E-state index contributed by atoms with van der Waals surface area (Å²) in [5.41, 5.74) is 5.72. The third-order valence-electron chi connectivity index (χ3n) is 3.80. The number of para-hydroxylation sites is 1. The summed E-state index contributed by atoms with van der Waals surface area (Å²) in [6, 6.07) is 19.0. The second kappa shape index (κ2) is 5.57. The zero-order chi connectivity index (χ0) is 14.8. The molecule has 2 aromatic carbocycles. The standard InChI is InChI=1S/C19H20N2/c1-13(2)17-12-18(20-3)16-11-7-10-15(19(16)21-17)14-8-5-4-6-9-14/h4-13H,1-3H3,(H,20,21). The molecule has 0 spiro atoms. The summed E-state index contributed by atoms with van der Waals surface area (Å²) in [5, 5.41) is 4.47. The van der Waals surface area contributed by atoms with Gasteiger partial charge >= 0.3 is 0 Å². The number of hydrogen-bond donors (Lipinski definition) is 1. The minimum absolute atomic E-state index is 0.408. The predicted octanol–water partition coefficient (Wildman–Crippen LogP) is 5.07. The fraction of sp³-hybridized carbons (Fsp3) is 0.211. The first-order valence-corrected chi connectivity index (χ1v) is 7.37. The molecule has 106 valence electrons. The van der Waals surface area contributed by atoms with E-state index in [-0.39, 0.29) is 0 Å². The van der Waals surface area contributed by atoms with Crippen LogP contribution < -0.4 is 5.32 Å². The van der Waals surface area contributed by atoms with Crippen molar-refractivity contribution in [3.63, 3.8) is 0 Å². The van der Waals surface area contributed by atoms with Crippen LogP contribution >= 0.6 is 0 Å². The number of rotatable bonds is 3. The van der Waals surface area contributed by atoms with Crippen molar-refractivity contribution in [2.75, 3.05) is 12.4 Å². The van der Waals surface area contributed by atoms with Gasteiger partial charge < -0.3 is 5.32 Å². The molecule has 0 saturated heterocycles. The fourth-order valence-corrected chi connectivity index (χ4v) is 2.62. The van der Waals surface area contributed by atoms with Crippen LogP contribution in [0.3, 0.4) is 0 Å². The van der Waals surface area contributed by atoms with Crippen LogP contribution in [-0.4, -0.2) is 12.0 Å². The number of nitrogens with one attached hydrogen (secondary N) is 1. The van der Waals surface area contributed by atoms with Crippen molar-refractivity contribution in [1.82, 2.24) is 4.98 Å². The highest BCUT2D eigenvalue weighted by molar-refractivity contribution is 6.00. The van der Waals surface area contributed by atoms with Crippen LogP contribution in [0.4, 0.5) is 5.69 Å². The van der Waals surface area contributed by atoms with E-state index in [1.165, 1.54) is 16.5 Å². The van der Waals surface area contributed by atoms with Gasteiger partial charge in [-0.2, -0.15) is 0 Å². The normalized spacial score (nSPS) is 11.0. The van der Waals surface area contributed by atoms with Crippen molar-refractivity contribution in [3.05, 3.63) is 60.3 Å². The quantitative estimate of drug-likeness (QED) is 0.722. The third kappa shape index (κ3) is 2.49. The van der Waals surface area contributed by atoms with Gasteiger partial charge in [0.05, 0.1) is 5.52 Å². The molecule has 1 heterocycles. The van der Waals surface area contributed by atoms with E-state index in [1.54, 1.807) is 0 Å². The van der Waals surface area contributed by atoms with Gasteiger partial charge in [0.1, 0.15) is 0 Å². The van der Waals surface area contributed by atoms with Crippen molar-refractivity contribution >= 4 is 16.6 Å². The lowest BCUT2D eigenvalue weighted by atomic mass is 9.99. The van der Waals surface area contributed by atoms with E-state index in [1.807, 2.05) is 13.1 Å². The molecule has 0 unspecified atom stereocenters. The Morgan fingerprint density at radius 1 is 0.952 bits per heavy atom. The summed E-state index contributed by atoms with van der Waals surface area (Å²) in [7, 11) is 1.97. The van der Waals surface area contributed by atoms with Gasteiger partial charge in [0.25, 0.3) is 0 Å². The van der Waals surface area contributed by atoms with Crippen molar-refractivity contribution in [3.8, 4) is 11.1 Å². The average molecular weight is 276 g/mol. The summed E-state index contributed by atoms with van der Waals surface area (Å²) in [4.78, 5) is 4.92. The molecule has 2 heteroatoms. The zero-order valence-electron chi connectivity index (χ0n) is 12.7. The van der Waals surface area contributed by atoms with Crippen LogP contribution in [-0.2, 0) is 0 Å². The Morgan fingerprint density at radius 2 is 1.71 bits per heavy atom. The van der Waals surface area contributed by atoms with Gasteiger partial charge in [-0.25, -0.2) is 0 Å². The second-order valence-electron chi connectivity index (χ2n) is 5.57. The fourth-order valence-electron chi connectivity index (χ4n) is 2.62. The first-order chi connectivity index (χ1) is 10.2. The van der Waals surface area contributed by atoms with Crippen molar-refractivity contribution in [2.24, 2.45) is 0 Å². The molecule has 21 heavy (non-hydrogen) atoms. The molecule has 3 aromatic rings. The summed E-state index contributed by atoms with van der Waals surface area (Å²) in [6.07, 6.45) is 0. The molecule has 0 bridgehead atoms. The van der Waals surface area contributed by atoms with Gasteiger partial charge in [-0.05, 0) is 17.5 Å². The van der Waals surface area contributed by atoms with Gasteiger partial charge in [-0.15, -0.1) is 0 Å². The van der Waals surface area contributed by atoms with Crippen LogP contribution in [0.1, 0.15) is 25.5 Å². The van der Waals surface area contributed by atoms with E-state index in [2.05, 4.69) is 67.7 Å². The number of pyridine rings is 1. The third-order valence-corrected chi connectivity index (χ3v) is 3.80. The number of anilines is 1. The largest absolute Gasteiger partial charge is 0.388 e. The van der Waals surface area contributed by atoms with Crippen molar-refractivity contribution in [2.45, 2.75) is 19.8 Å². The predicted molar refractivity (Wildman–Crippen MR) is 90.8 cm³/mol. The maximum absolute atomic E-state index is 4.92. The molecule has 3 rings (SSSR count). The molecule has 1 aromatic heterocycles. The summed E-state index contributed by atoms with van der Waals surface area (Å²) < 4.78 is 0. The topological polar surface area (TPSA) is 24.9 Å². The molecule has 0 aliphatic heterocycles. The molecule has 0 radical (unpaired) electrons. The minimum Gasteiger partial charge on any atom is -0.388 e. The van der Waals surface area contributed by atoms with E-state index < -0.39 is 0 Å². The van der Waals surface area contributed by atoms with Crippen LogP contribution in [0.5, 0.6) is 0 Å². The Labute approximate surface area is 125 Å². The molecule has 0 atom stereocenters. The Hall–Kier alpha value is -2.35. The van der Waals surface area contributed by atoms with Crippen molar-refractivity contribution < 1.29 is 0 Å². The molecule has 0 aliphatic rings. The highest BCUT2D eigenvalue weighted by Gasteiger charge is 2.11. The molecular weight excluding hydrogens is 256 g/mol. The molecule has 1 N–H and O–H groups in total. The van der Waals surface area contributed by atoms with E-state index in [4.69, 9.17) is 4.98 Å². The van der Waals surface area contributed by atoms with Crippen LogP contribution in [0, 0.1) is 0 Å². The monoisotopic (exact) mass is 276 g/mol. The number of hydrogen-bond acceptors (Lipinski definition) is 2. The number of nitrogens with zero attached hydrogens (tertiary/aromatic N) is 1. The van der Waals surface area contributed by atoms with Crippen LogP contribution in [0.25, 0.3) is 22.0 Å². The summed E-state index contributed by atoms with van der Waals surface area (Å²) >= 11 is 0. The molecule has 0 amide bonds. The lowest BCUT2D eigenvalue weighted by molar-refractivity contribution is 0.830. The first kappa shape index (κ1) is 13.6. The number of fused-ring (bicyclic) bond motifs is 1. The van der Waals surface area contributed by atoms with Gasteiger partial charge in [0.15, 0.2) is 0 Å². The molecule has 0 fully saturated rings. The summed E-state index contributed by atoms with van der Waals surface area (Å²) in [5.74, 6) is 0.408. The van der Waals surface area contributed by atoms with E-state index >= 15 is 0 Å². The Balaban J connectivity index is 2.34.